The number of imide groups is 1. The first-order valence-electron chi connectivity index (χ1n) is 7.73. The molecule has 1 saturated heterocycles. The molecule has 0 spiro atoms. The zero-order chi connectivity index (χ0) is 17.4. The number of aromatic nitrogens is 2. The van der Waals surface area contributed by atoms with Crippen LogP contribution >= 0.6 is 11.3 Å². The standard InChI is InChI=1S/C17H14N4O3S/c22-14-9-12(18-17-20(14)6-7-25-17)10-21-15(23)13(19-16(21)24)8-11-4-2-1-3-5-11/h1-7,9,13H,8,10H2,(H,19,24)/t13-/m1/s1. The van der Waals surface area contributed by atoms with Crippen LogP contribution in [0.1, 0.15) is 11.3 Å². The van der Waals surface area contributed by atoms with E-state index < -0.39 is 12.1 Å². The van der Waals surface area contributed by atoms with Crippen molar-refractivity contribution in [3.05, 3.63) is 69.6 Å². The van der Waals surface area contributed by atoms with Crippen LogP contribution in [0.15, 0.2) is 52.8 Å². The van der Waals surface area contributed by atoms with Crippen molar-refractivity contribution in [2.45, 2.75) is 19.0 Å². The van der Waals surface area contributed by atoms with Crippen molar-refractivity contribution in [2.75, 3.05) is 0 Å². The SMILES string of the molecule is O=C1N[C@H](Cc2ccccc2)C(=O)N1Cc1cc(=O)n2ccsc2n1. The molecule has 3 heterocycles. The summed E-state index contributed by atoms with van der Waals surface area (Å²) in [6.07, 6.45) is 2.07. The van der Waals surface area contributed by atoms with Crippen molar-refractivity contribution in [3.63, 3.8) is 0 Å². The van der Waals surface area contributed by atoms with E-state index in [2.05, 4.69) is 10.3 Å². The zero-order valence-corrected chi connectivity index (χ0v) is 13.9. The van der Waals surface area contributed by atoms with Gasteiger partial charge in [-0.1, -0.05) is 30.3 Å². The number of benzene rings is 1. The average Bonchev–Trinajstić information content (AvgIpc) is 3.17. The fraction of sp³-hybridized carbons (Fsp3) is 0.176. The minimum atomic E-state index is -0.596. The van der Waals surface area contributed by atoms with Crippen LogP contribution in [0, 0.1) is 0 Å². The van der Waals surface area contributed by atoms with Crippen LogP contribution in [0.25, 0.3) is 4.96 Å². The molecule has 1 N–H and O–H groups in total. The van der Waals surface area contributed by atoms with E-state index in [0.29, 0.717) is 17.1 Å². The third-order valence-electron chi connectivity index (χ3n) is 4.07. The highest BCUT2D eigenvalue weighted by Gasteiger charge is 2.38. The highest BCUT2D eigenvalue weighted by Crippen LogP contribution is 2.15. The van der Waals surface area contributed by atoms with E-state index in [9.17, 15) is 14.4 Å². The molecule has 1 aliphatic heterocycles. The summed E-state index contributed by atoms with van der Waals surface area (Å²) in [7, 11) is 0. The van der Waals surface area contributed by atoms with Crippen LogP contribution in [-0.4, -0.2) is 32.3 Å². The quantitative estimate of drug-likeness (QED) is 0.718. The van der Waals surface area contributed by atoms with Gasteiger partial charge in [-0.15, -0.1) is 11.3 Å². The maximum atomic E-state index is 12.6. The van der Waals surface area contributed by atoms with Gasteiger partial charge in [0.2, 0.25) is 0 Å². The number of amides is 3. The van der Waals surface area contributed by atoms with Crippen LogP contribution < -0.4 is 10.9 Å². The van der Waals surface area contributed by atoms with Crippen LogP contribution in [0.3, 0.4) is 0 Å². The molecule has 0 saturated carbocycles. The Labute approximate surface area is 146 Å². The molecule has 1 aromatic carbocycles. The summed E-state index contributed by atoms with van der Waals surface area (Å²) in [5.74, 6) is -0.304. The van der Waals surface area contributed by atoms with Gasteiger partial charge in [0.25, 0.3) is 11.5 Å². The van der Waals surface area contributed by atoms with Crippen molar-refractivity contribution in [2.24, 2.45) is 0 Å². The number of hydrogen-bond acceptors (Lipinski definition) is 5. The second-order valence-corrected chi connectivity index (χ2v) is 6.63. The highest BCUT2D eigenvalue weighted by molar-refractivity contribution is 7.15. The first kappa shape index (κ1) is 15.5. The molecule has 2 aromatic heterocycles. The molecule has 0 aliphatic carbocycles. The van der Waals surface area contributed by atoms with Crippen molar-refractivity contribution < 1.29 is 9.59 Å². The Morgan fingerprint density at radius 3 is 2.76 bits per heavy atom. The third-order valence-corrected chi connectivity index (χ3v) is 4.82. The van der Waals surface area contributed by atoms with E-state index in [4.69, 9.17) is 0 Å². The maximum absolute atomic E-state index is 12.6. The molecule has 7 nitrogen and oxygen atoms in total. The van der Waals surface area contributed by atoms with E-state index in [1.165, 1.54) is 21.8 Å². The lowest BCUT2D eigenvalue weighted by Crippen LogP contribution is -2.32. The van der Waals surface area contributed by atoms with Crippen LogP contribution in [0.2, 0.25) is 0 Å². The fourth-order valence-electron chi connectivity index (χ4n) is 2.85. The molecule has 1 atom stereocenters. The highest BCUT2D eigenvalue weighted by atomic mass is 32.1. The molecule has 3 aromatic rings. The predicted molar refractivity (Wildman–Crippen MR) is 92.4 cm³/mol. The zero-order valence-electron chi connectivity index (χ0n) is 13.1. The number of thiazole rings is 1. The first-order valence-corrected chi connectivity index (χ1v) is 8.61. The molecule has 25 heavy (non-hydrogen) atoms. The lowest BCUT2D eigenvalue weighted by Gasteiger charge is -2.12. The summed E-state index contributed by atoms with van der Waals surface area (Å²) in [5, 5.41) is 4.46. The number of fused-ring (bicyclic) bond motifs is 1. The van der Waals surface area contributed by atoms with Gasteiger partial charge in [-0.25, -0.2) is 9.78 Å². The molecule has 8 heteroatoms. The number of urea groups is 1. The minimum absolute atomic E-state index is 0.0143. The van der Waals surface area contributed by atoms with E-state index in [0.717, 1.165) is 10.5 Å². The van der Waals surface area contributed by atoms with E-state index in [-0.39, 0.29) is 18.0 Å². The smallest absolute Gasteiger partial charge is 0.325 e. The number of nitrogens with one attached hydrogen (secondary N) is 1. The molecule has 0 unspecified atom stereocenters. The predicted octanol–water partition coefficient (Wildman–Crippen LogP) is 1.42. The fourth-order valence-corrected chi connectivity index (χ4v) is 3.58. The molecule has 3 amide bonds. The largest absolute Gasteiger partial charge is 0.325 e. The van der Waals surface area contributed by atoms with Gasteiger partial charge < -0.3 is 5.32 Å². The molecule has 1 aliphatic rings. The van der Waals surface area contributed by atoms with E-state index in [1.807, 2.05) is 30.3 Å². The van der Waals surface area contributed by atoms with Gasteiger partial charge in [0.15, 0.2) is 4.96 Å². The van der Waals surface area contributed by atoms with Gasteiger partial charge in [-0.2, -0.15) is 0 Å². The summed E-state index contributed by atoms with van der Waals surface area (Å²) < 4.78 is 1.43. The average molecular weight is 354 g/mol. The maximum Gasteiger partial charge on any atom is 0.325 e. The molecule has 0 bridgehead atoms. The van der Waals surface area contributed by atoms with Gasteiger partial charge in [0.1, 0.15) is 6.04 Å². The molecule has 1 fully saturated rings. The minimum Gasteiger partial charge on any atom is -0.325 e. The second-order valence-electron chi connectivity index (χ2n) is 5.76. The Kier molecular flexibility index (Phi) is 3.81. The summed E-state index contributed by atoms with van der Waals surface area (Å²) >= 11 is 1.33. The Balaban J connectivity index is 1.54. The van der Waals surface area contributed by atoms with Gasteiger partial charge in [-0.05, 0) is 5.56 Å². The van der Waals surface area contributed by atoms with E-state index in [1.54, 1.807) is 11.6 Å². The number of carbonyl (C=O) groups excluding carboxylic acids is 2. The Hall–Kier alpha value is -3.00. The molecule has 126 valence electrons. The number of rotatable bonds is 4. The van der Waals surface area contributed by atoms with Crippen LogP contribution in [0.4, 0.5) is 4.79 Å². The normalized spacial score (nSPS) is 17.3. The number of nitrogens with zero attached hydrogens (tertiary/aromatic N) is 3. The first-order chi connectivity index (χ1) is 12.1. The Morgan fingerprint density at radius 2 is 1.96 bits per heavy atom. The van der Waals surface area contributed by atoms with E-state index >= 15 is 0 Å². The summed E-state index contributed by atoms with van der Waals surface area (Å²) in [6.45, 7) is -0.0143. The second kappa shape index (κ2) is 6.14. The molecular formula is C17H14N4O3S. The summed E-state index contributed by atoms with van der Waals surface area (Å²) in [5.41, 5.74) is 1.14. The van der Waals surface area contributed by atoms with Crippen molar-refractivity contribution in [1.82, 2.24) is 19.6 Å². The molecule has 4 rings (SSSR count). The van der Waals surface area contributed by atoms with Gasteiger partial charge in [0.05, 0.1) is 12.2 Å². The summed E-state index contributed by atoms with van der Waals surface area (Å²) in [6, 6.07) is 9.80. The molecular weight excluding hydrogens is 340 g/mol. The van der Waals surface area contributed by atoms with Gasteiger partial charge >= 0.3 is 6.03 Å². The summed E-state index contributed by atoms with van der Waals surface area (Å²) in [4.78, 5) is 42.8. The molecule has 0 radical (unpaired) electrons. The lowest BCUT2D eigenvalue weighted by molar-refractivity contribution is -0.127. The Bertz CT molecular complexity index is 1010. The number of hydrogen-bond donors (Lipinski definition) is 1. The van der Waals surface area contributed by atoms with Gasteiger partial charge in [0, 0.05) is 24.1 Å². The van der Waals surface area contributed by atoms with Crippen molar-refractivity contribution in [1.29, 1.82) is 0 Å². The van der Waals surface area contributed by atoms with Crippen molar-refractivity contribution >= 4 is 28.2 Å². The van der Waals surface area contributed by atoms with Crippen molar-refractivity contribution in [3.8, 4) is 0 Å². The topological polar surface area (TPSA) is 83.8 Å². The van der Waals surface area contributed by atoms with Crippen LogP contribution in [0.5, 0.6) is 0 Å². The lowest BCUT2D eigenvalue weighted by atomic mass is 10.1. The van der Waals surface area contributed by atoms with Crippen LogP contribution in [-0.2, 0) is 17.8 Å². The third kappa shape index (κ3) is 2.91. The monoisotopic (exact) mass is 354 g/mol. The Morgan fingerprint density at radius 1 is 1.16 bits per heavy atom. The van der Waals surface area contributed by atoms with Gasteiger partial charge in [-0.3, -0.25) is 18.9 Å². The number of carbonyl (C=O) groups is 2.